The first-order valence-electron chi connectivity index (χ1n) is 4.50. The van der Waals surface area contributed by atoms with Gasteiger partial charge in [0.1, 0.15) is 0 Å². The largest absolute Gasteiger partial charge is 0.103 e. The third-order valence-corrected chi connectivity index (χ3v) is 2.65. The van der Waals surface area contributed by atoms with Crippen LogP contribution in [0.2, 0.25) is 0 Å². The quantitative estimate of drug-likeness (QED) is 0.579. The van der Waals surface area contributed by atoms with E-state index in [0.717, 1.165) is 11.8 Å². The maximum atomic E-state index is 3.82. The average Bonchev–Trinajstić information content (AvgIpc) is 2.85. The lowest BCUT2D eigenvalue weighted by Gasteiger charge is -1.98. The Morgan fingerprint density at radius 1 is 1.33 bits per heavy atom. The zero-order chi connectivity index (χ0) is 8.55. The molecule has 0 bridgehead atoms. The average molecular weight is 158 g/mol. The highest BCUT2D eigenvalue weighted by Gasteiger charge is 2.35. The van der Waals surface area contributed by atoms with Crippen LogP contribution in [0.25, 0.3) is 0 Å². The fourth-order valence-electron chi connectivity index (χ4n) is 1.67. The molecule has 62 valence electrons. The van der Waals surface area contributed by atoms with Crippen molar-refractivity contribution >= 4 is 0 Å². The van der Waals surface area contributed by atoms with Crippen molar-refractivity contribution in [3.8, 4) is 0 Å². The van der Waals surface area contributed by atoms with Crippen molar-refractivity contribution in [1.82, 2.24) is 0 Å². The van der Waals surface area contributed by atoms with Crippen molar-refractivity contribution in [2.45, 2.75) is 19.3 Å². The molecule has 0 aromatic heterocycles. The fourth-order valence-corrected chi connectivity index (χ4v) is 1.67. The van der Waals surface area contributed by atoms with Crippen molar-refractivity contribution in [2.75, 3.05) is 0 Å². The second-order valence-corrected chi connectivity index (χ2v) is 3.65. The van der Waals surface area contributed by atoms with Crippen LogP contribution in [0.3, 0.4) is 0 Å². The molecule has 0 nitrogen and oxygen atoms in total. The molecule has 12 heavy (non-hydrogen) atoms. The molecule has 0 radical (unpaired) electrons. The van der Waals surface area contributed by atoms with Gasteiger partial charge in [-0.25, -0.2) is 0 Å². The summed E-state index contributed by atoms with van der Waals surface area (Å²) in [6.45, 7) is 5.94. The number of hydrogen-bond acceptors (Lipinski definition) is 0. The molecule has 0 N–H and O–H groups in total. The van der Waals surface area contributed by atoms with E-state index in [0.29, 0.717) is 0 Å². The smallest absolute Gasteiger partial charge is 0.00931 e. The molecule has 1 aliphatic carbocycles. The van der Waals surface area contributed by atoms with Gasteiger partial charge in [0.25, 0.3) is 0 Å². The summed E-state index contributed by atoms with van der Waals surface area (Å²) in [6.07, 6.45) is 3.37. The molecule has 0 spiro atoms. The van der Waals surface area contributed by atoms with Gasteiger partial charge in [-0.05, 0) is 30.7 Å². The number of benzene rings is 1. The summed E-state index contributed by atoms with van der Waals surface area (Å²) < 4.78 is 0. The van der Waals surface area contributed by atoms with Crippen LogP contribution in [0, 0.1) is 12.8 Å². The van der Waals surface area contributed by atoms with Crippen LogP contribution in [0.15, 0.2) is 36.9 Å². The first-order valence-corrected chi connectivity index (χ1v) is 4.50. The molecule has 2 atom stereocenters. The van der Waals surface area contributed by atoms with E-state index in [4.69, 9.17) is 0 Å². The van der Waals surface area contributed by atoms with Crippen molar-refractivity contribution < 1.29 is 0 Å². The fraction of sp³-hybridized carbons (Fsp3) is 0.333. The van der Waals surface area contributed by atoms with Crippen LogP contribution in [-0.2, 0) is 0 Å². The highest BCUT2D eigenvalue weighted by molar-refractivity contribution is 5.30. The minimum absolute atomic E-state index is 0.743. The SMILES string of the molecule is C=C[C@@H]1C[C@@H]1c1ccc(C)cc1. The maximum Gasteiger partial charge on any atom is -0.00931 e. The van der Waals surface area contributed by atoms with E-state index in [2.05, 4.69) is 43.8 Å². The Kier molecular flexibility index (Phi) is 1.76. The minimum Gasteiger partial charge on any atom is -0.103 e. The van der Waals surface area contributed by atoms with Gasteiger partial charge in [0.2, 0.25) is 0 Å². The van der Waals surface area contributed by atoms with E-state index in [1.165, 1.54) is 17.5 Å². The molecule has 1 saturated carbocycles. The molecular weight excluding hydrogens is 144 g/mol. The van der Waals surface area contributed by atoms with Crippen molar-refractivity contribution in [3.05, 3.63) is 48.0 Å². The minimum atomic E-state index is 0.743. The number of allylic oxidation sites excluding steroid dienone is 1. The molecule has 0 unspecified atom stereocenters. The Hall–Kier alpha value is -1.04. The van der Waals surface area contributed by atoms with Crippen LogP contribution in [0.4, 0.5) is 0 Å². The molecule has 1 aliphatic rings. The molecule has 0 amide bonds. The van der Waals surface area contributed by atoms with Gasteiger partial charge in [-0.15, -0.1) is 6.58 Å². The maximum absolute atomic E-state index is 3.82. The van der Waals surface area contributed by atoms with Gasteiger partial charge in [-0.1, -0.05) is 35.9 Å². The lowest BCUT2D eigenvalue weighted by Crippen LogP contribution is -1.81. The predicted octanol–water partition coefficient (Wildman–Crippen LogP) is 3.28. The Morgan fingerprint density at radius 3 is 2.50 bits per heavy atom. The Balaban J connectivity index is 2.15. The third-order valence-electron chi connectivity index (χ3n) is 2.65. The van der Waals surface area contributed by atoms with E-state index >= 15 is 0 Å². The summed E-state index contributed by atoms with van der Waals surface area (Å²) in [5.41, 5.74) is 2.82. The van der Waals surface area contributed by atoms with Gasteiger partial charge >= 0.3 is 0 Å². The molecule has 1 aromatic rings. The van der Waals surface area contributed by atoms with Gasteiger partial charge in [0, 0.05) is 0 Å². The normalized spacial score (nSPS) is 26.8. The lowest BCUT2D eigenvalue weighted by molar-refractivity contribution is 1.01. The third kappa shape index (κ3) is 1.29. The molecule has 0 heteroatoms. The second-order valence-electron chi connectivity index (χ2n) is 3.65. The van der Waals surface area contributed by atoms with Gasteiger partial charge < -0.3 is 0 Å². The Labute approximate surface area is 73.9 Å². The summed E-state index contributed by atoms with van der Waals surface area (Å²) >= 11 is 0. The number of hydrogen-bond donors (Lipinski definition) is 0. The summed E-state index contributed by atoms with van der Waals surface area (Å²) in [5.74, 6) is 1.51. The summed E-state index contributed by atoms with van der Waals surface area (Å²) in [4.78, 5) is 0. The van der Waals surface area contributed by atoms with Crippen LogP contribution < -0.4 is 0 Å². The van der Waals surface area contributed by atoms with Crippen LogP contribution >= 0.6 is 0 Å². The first-order chi connectivity index (χ1) is 5.81. The van der Waals surface area contributed by atoms with Gasteiger partial charge in [0.05, 0.1) is 0 Å². The van der Waals surface area contributed by atoms with E-state index in [1.807, 2.05) is 0 Å². The lowest BCUT2D eigenvalue weighted by atomic mass is 10.1. The zero-order valence-corrected chi connectivity index (χ0v) is 7.46. The summed E-state index contributed by atoms with van der Waals surface area (Å²) in [6, 6.07) is 8.86. The van der Waals surface area contributed by atoms with E-state index in [9.17, 15) is 0 Å². The topological polar surface area (TPSA) is 0 Å². The van der Waals surface area contributed by atoms with Crippen LogP contribution in [0.1, 0.15) is 23.5 Å². The van der Waals surface area contributed by atoms with Crippen molar-refractivity contribution in [2.24, 2.45) is 5.92 Å². The van der Waals surface area contributed by atoms with E-state index in [-0.39, 0.29) is 0 Å². The highest BCUT2D eigenvalue weighted by Crippen LogP contribution is 2.47. The molecular formula is C12H14. The van der Waals surface area contributed by atoms with Gasteiger partial charge in [0.15, 0.2) is 0 Å². The zero-order valence-electron chi connectivity index (χ0n) is 7.46. The van der Waals surface area contributed by atoms with E-state index in [1.54, 1.807) is 0 Å². The molecule has 0 saturated heterocycles. The van der Waals surface area contributed by atoms with Gasteiger partial charge in [-0.2, -0.15) is 0 Å². The summed E-state index contributed by atoms with van der Waals surface area (Å²) in [7, 11) is 0. The molecule has 1 fully saturated rings. The monoisotopic (exact) mass is 158 g/mol. The highest BCUT2D eigenvalue weighted by atomic mass is 14.4. The summed E-state index contributed by atoms with van der Waals surface area (Å²) in [5, 5.41) is 0. The van der Waals surface area contributed by atoms with Crippen molar-refractivity contribution in [3.63, 3.8) is 0 Å². The predicted molar refractivity (Wildman–Crippen MR) is 52.2 cm³/mol. The van der Waals surface area contributed by atoms with E-state index < -0.39 is 0 Å². The van der Waals surface area contributed by atoms with Gasteiger partial charge in [-0.3, -0.25) is 0 Å². The molecule has 1 aromatic carbocycles. The number of rotatable bonds is 2. The first kappa shape index (κ1) is 7.60. The van der Waals surface area contributed by atoms with Crippen molar-refractivity contribution in [1.29, 1.82) is 0 Å². The molecule has 0 heterocycles. The Bertz CT molecular complexity index is 281. The second kappa shape index (κ2) is 2.78. The standard InChI is InChI=1S/C12H14/c1-3-10-8-12(10)11-6-4-9(2)5-7-11/h3-7,10,12H,1,8H2,2H3/t10-,12+/m1/s1. The Morgan fingerprint density at radius 2 is 2.00 bits per heavy atom. The molecule has 2 rings (SSSR count). The van der Waals surface area contributed by atoms with Crippen LogP contribution in [0.5, 0.6) is 0 Å². The van der Waals surface area contributed by atoms with Crippen LogP contribution in [-0.4, -0.2) is 0 Å². The number of aryl methyl sites for hydroxylation is 1. The molecule has 0 aliphatic heterocycles.